The molecular formula is C10H11O3. The number of carbonyl (C=O) groups excluding carboxylic acids is 1. The Hall–Kier alpha value is -1.51. The first-order chi connectivity index (χ1) is 6.24. The molecule has 0 aromatic heterocycles. The van der Waals surface area contributed by atoms with Crippen LogP contribution in [-0.4, -0.2) is 19.2 Å². The van der Waals surface area contributed by atoms with Crippen molar-refractivity contribution in [1.82, 2.24) is 0 Å². The highest BCUT2D eigenvalue weighted by atomic mass is 16.6. The second kappa shape index (κ2) is 4.50. The van der Waals surface area contributed by atoms with Crippen LogP contribution in [0.3, 0.4) is 0 Å². The van der Waals surface area contributed by atoms with Crippen molar-refractivity contribution in [1.29, 1.82) is 0 Å². The Morgan fingerprint density at radius 3 is 2.85 bits per heavy atom. The number of hydrogen-bond donors (Lipinski definition) is 0. The maximum Gasteiger partial charge on any atom is 0.346 e. The van der Waals surface area contributed by atoms with Crippen LogP contribution in [-0.2, 0) is 9.53 Å². The fourth-order valence-electron chi connectivity index (χ4n) is 0.855. The molecule has 0 N–H and O–H groups in total. The van der Waals surface area contributed by atoms with Crippen molar-refractivity contribution >= 4 is 5.97 Å². The van der Waals surface area contributed by atoms with Crippen molar-refractivity contribution < 1.29 is 14.3 Å². The van der Waals surface area contributed by atoms with Gasteiger partial charge in [0.2, 0.25) is 0 Å². The summed E-state index contributed by atoms with van der Waals surface area (Å²) < 4.78 is 9.74. The number of methoxy groups -OCH3 is 1. The van der Waals surface area contributed by atoms with Crippen molar-refractivity contribution in [3.05, 3.63) is 30.3 Å². The first-order valence-corrected chi connectivity index (χ1v) is 3.95. The highest BCUT2D eigenvalue weighted by Crippen LogP contribution is 2.10. The maximum atomic E-state index is 11.0. The average molecular weight is 179 g/mol. The standard InChI is InChI=1S/C10H11O3/c1-8(10(11)12-2)13-9-6-4-3-5-7-9/h3-6,8H,1-2H3. The Morgan fingerprint density at radius 1 is 1.54 bits per heavy atom. The van der Waals surface area contributed by atoms with E-state index in [2.05, 4.69) is 10.8 Å². The van der Waals surface area contributed by atoms with Gasteiger partial charge >= 0.3 is 5.97 Å². The van der Waals surface area contributed by atoms with E-state index in [0.717, 1.165) is 0 Å². The molecule has 1 aromatic carbocycles. The first-order valence-electron chi connectivity index (χ1n) is 3.95. The molecule has 1 rings (SSSR count). The molecule has 0 saturated carbocycles. The normalized spacial score (nSPS) is 11.8. The van der Waals surface area contributed by atoms with Gasteiger partial charge in [-0.2, -0.15) is 0 Å². The number of ether oxygens (including phenoxy) is 2. The predicted octanol–water partition coefficient (Wildman–Crippen LogP) is 1.43. The van der Waals surface area contributed by atoms with E-state index >= 15 is 0 Å². The summed E-state index contributed by atoms with van der Waals surface area (Å²) in [4.78, 5) is 11.0. The van der Waals surface area contributed by atoms with E-state index < -0.39 is 12.1 Å². The van der Waals surface area contributed by atoms with Crippen molar-refractivity contribution in [2.24, 2.45) is 0 Å². The highest BCUT2D eigenvalue weighted by Gasteiger charge is 2.13. The molecule has 0 aliphatic carbocycles. The summed E-state index contributed by atoms with van der Waals surface area (Å²) in [5, 5.41) is 0. The van der Waals surface area contributed by atoms with Crippen LogP contribution in [0.4, 0.5) is 0 Å². The molecule has 3 heteroatoms. The van der Waals surface area contributed by atoms with Gasteiger partial charge in [-0.1, -0.05) is 18.2 Å². The lowest BCUT2D eigenvalue weighted by Crippen LogP contribution is -2.24. The van der Waals surface area contributed by atoms with Crippen LogP contribution in [0, 0.1) is 6.07 Å². The number of esters is 1. The van der Waals surface area contributed by atoms with E-state index in [1.807, 2.05) is 12.1 Å². The zero-order valence-electron chi connectivity index (χ0n) is 7.61. The Morgan fingerprint density at radius 2 is 2.31 bits per heavy atom. The van der Waals surface area contributed by atoms with Crippen LogP contribution < -0.4 is 4.74 Å². The summed E-state index contributed by atoms with van der Waals surface area (Å²) in [6, 6.07) is 9.95. The highest BCUT2D eigenvalue weighted by molar-refractivity contribution is 5.74. The van der Waals surface area contributed by atoms with E-state index in [-0.39, 0.29) is 0 Å². The van der Waals surface area contributed by atoms with E-state index in [1.54, 1.807) is 19.1 Å². The zero-order valence-corrected chi connectivity index (χ0v) is 7.61. The van der Waals surface area contributed by atoms with Gasteiger partial charge in [0.05, 0.1) is 7.11 Å². The quantitative estimate of drug-likeness (QED) is 0.658. The molecule has 0 heterocycles. The van der Waals surface area contributed by atoms with Crippen LogP contribution >= 0.6 is 0 Å². The third-order valence-electron chi connectivity index (χ3n) is 1.52. The second-order valence-corrected chi connectivity index (χ2v) is 2.51. The minimum atomic E-state index is -0.594. The van der Waals surface area contributed by atoms with Gasteiger partial charge < -0.3 is 9.47 Å². The Bertz CT molecular complexity index is 269. The van der Waals surface area contributed by atoms with Crippen LogP contribution in [0.15, 0.2) is 24.3 Å². The smallest absolute Gasteiger partial charge is 0.346 e. The minimum absolute atomic E-state index is 0.391. The average Bonchev–Trinajstić information content (AvgIpc) is 2.18. The summed E-state index contributed by atoms with van der Waals surface area (Å²) in [5.41, 5.74) is 0. The van der Waals surface area contributed by atoms with Crippen molar-refractivity contribution in [3.63, 3.8) is 0 Å². The molecule has 0 bridgehead atoms. The zero-order chi connectivity index (χ0) is 9.68. The van der Waals surface area contributed by atoms with Crippen LogP contribution in [0.5, 0.6) is 5.75 Å². The summed E-state index contributed by atoms with van der Waals surface area (Å²) in [7, 11) is 1.33. The molecule has 1 atom stereocenters. The number of rotatable bonds is 3. The maximum absolute atomic E-state index is 11.0. The van der Waals surface area contributed by atoms with E-state index in [4.69, 9.17) is 4.74 Å². The van der Waals surface area contributed by atoms with Crippen LogP contribution in [0.1, 0.15) is 6.92 Å². The molecule has 69 valence electrons. The summed E-state index contributed by atoms with van der Waals surface area (Å²) in [5.74, 6) is 0.151. The molecule has 1 unspecified atom stereocenters. The topological polar surface area (TPSA) is 35.5 Å². The Labute approximate surface area is 77.3 Å². The summed E-state index contributed by atoms with van der Waals surface area (Å²) in [6.07, 6.45) is -0.594. The van der Waals surface area contributed by atoms with Crippen molar-refractivity contribution in [2.75, 3.05) is 7.11 Å². The molecule has 0 fully saturated rings. The van der Waals surface area contributed by atoms with Gasteiger partial charge in [0.25, 0.3) is 0 Å². The fraction of sp³-hybridized carbons (Fsp3) is 0.300. The molecule has 0 aliphatic rings. The van der Waals surface area contributed by atoms with E-state index in [1.165, 1.54) is 7.11 Å². The van der Waals surface area contributed by atoms with Gasteiger partial charge in [-0.05, 0) is 13.0 Å². The van der Waals surface area contributed by atoms with Gasteiger partial charge in [-0.3, -0.25) is 0 Å². The lowest BCUT2D eigenvalue weighted by Gasteiger charge is -2.11. The number of hydrogen-bond acceptors (Lipinski definition) is 3. The second-order valence-electron chi connectivity index (χ2n) is 2.51. The third kappa shape index (κ3) is 2.78. The van der Waals surface area contributed by atoms with Gasteiger partial charge in [0.15, 0.2) is 6.10 Å². The molecule has 0 aliphatic heterocycles. The summed E-state index contributed by atoms with van der Waals surface area (Å²) in [6.45, 7) is 1.63. The summed E-state index contributed by atoms with van der Waals surface area (Å²) >= 11 is 0. The SMILES string of the molecule is COC(=O)C(C)Oc1[c]cccc1. The fourth-order valence-corrected chi connectivity index (χ4v) is 0.855. The third-order valence-corrected chi connectivity index (χ3v) is 1.52. The largest absolute Gasteiger partial charge is 0.478 e. The number of benzene rings is 1. The number of carbonyl (C=O) groups is 1. The molecule has 1 aromatic rings. The van der Waals surface area contributed by atoms with E-state index in [0.29, 0.717) is 5.75 Å². The minimum Gasteiger partial charge on any atom is -0.478 e. The predicted molar refractivity (Wildman–Crippen MR) is 47.4 cm³/mol. The molecule has 0 saturated heterocycles. The Kier molecular flexibility index (Phi) is 3.31. The molecule has 1 radical (unpaired) electrons. The monoisotopic (exact) mass is 179 g/mol. The Balaban J connectivity index is 2.55. The first kappa shape index (κ1) is 9.58. The van der Waals surface area contributed by atoms with Gasteiger partial charge in [0, 0.05) is 6.07 Å². The van der Waals surface area contributed by atoms with Crippen LogP contribution in [0.25, 0.3) is 0 Å². The van der Waals surface area contributed by atoms with Crippen LogP contribution in [0.2, 0.25) is 0 Å². The molecule has 13 heavy (non-hydrogen) atoms. The van der Waals surface area contributed by atoms with Gasteiger partial charge in [-0.15, -0.1) is 0 Å². The number of para-hydroxylation sites is 1. The molecule has 0 amide bonds. The lowest BCUT2D eigenvalue weighted by atomic mass is 10.3. The molecule has 0 spiro atoms. The van der Waals surface area contributed by atoms with Crippen molar-refractivity contribution in [3.8, 4) is 5.75 Å². The van der Waals surface area contributed by atoms with E-state index in [9.17, 15) is 4.79 Å². The van der Waals surface area contributed by atoms with Gasteiger partial charge in [-0.25, -0.2) is 4.79 Å². The lowest BCUT2D eigenvalue weighted by molar-refractivity contribution is -0.147. The molecular weight excluding hydrogens is 168 g/mol. The molecule has 3 nitrogen and oxygen atoms in total. The van der Waals surface area contributed by atoms with Crippen molar-refractivity contribution in [2.45, 2.75) is 13.0 Å². The van der Waals surface area contributed by atoms with Gasteiger partial charge in [0.1, 0.15) is 5.75 Å².